The molecule has 2 atom stereocenters. The summed E-state index contributed by atoms with van der Waals surface area (Å²) in [6.45, 7) is 8.50. The van der Waals surface area contributed by atoms with E-state index in [-0.39, 0.29) is 5.60 Å². The average molecular weight is 270 g/mol. The number of piperidine rings is 1. The maximum atomic E-state index is 5.76. The van der Waals surface area contributed by atoms with Gasteiger partial charge in [0.15, 0.2) is 0 Å². The van der Waals surface area contributed by atoms with Crippen molar-refractivity contribution in [3.8, 4) is 0 Å². The number of likely N-dealkylation sites (tertiary alicyclic amines) is 1. The van der Waals surface area contributed by atoms with E-state index >= 15 is 0 Å². The third-order valence-corrected chi connectivity index (χ3v) is 4.75. The number of ether oxygens (including phenoxy) is 2. The second-order valence-corrected chi connectivity index (χ2v) is 6.65. The monoisotopic (exact) mass is 270 g/mol. The SMILES string of the molecule is CNCC1(CN2CCCC(C)(OC)C2)CCCOC1. The van der Waals surface area contributed by atoms with Crippen LogP contribution in [0.4, 0.5) is 0 Å². The van der Waals surface area contributed by atoms with Gasteiger partial charge in [-0.15, -0.1) is 0 Å². The van der Waals surface area contributed by atoms with Gasteiger partial charge in [-0.3, -0.25) is 4.90 Å². The average Bonchev–Trinajstić information content (AvgIpc) is 2.40. The Morgan fingerprint density at radius 3 is 2.79 bits per heavy atom. The van der Waals surface area contributed by atoms with Gasteiger partial charge < -0.3 is 14.8 Å². The zero-order valence-corrected chi connectivity index (χ0v) is 12.8. The van der Waals surface area contributed by atoms with Crippen LogP contribution in [0, 0.1) is 5.41 Å². The summed E-state index contributed by atoms with van der Waals surface area (Å²) < 4.78 is 11.5. The molecule has 4 nitrogen and oxygen atoms in total. The molecule has 2 aliphatic rings. The van der Waals surface area contributed by atoms with Gasteiger partial charge in [0.05, 0.1) is 12.2 Å². The van der Waals surface area contributed by atoms with Crippen molar-refractivity contribution in [1.82, 2.24) is 10.2 Å². The Morgan fingerprint density at radius 1 is 1.32 bits per heavy atom. The molecule has 0 radical (unpaired) electrons. The summed E-state index contributed by atoms with van der Waals surface area (Å²) in [5.74, 6) is 0. The lowest BCUT2D eigenvalue weighted by Gasteiger charge is -2.45. The summed E-state index contributed by atoms with van der Waals surface area (Å²) in [4.78, 5) is 2.58. The van der Waals surface area contributed by atoms with Crippen molar-refractivity contribution in [2.75, 3.05) is 53.6 Å². The number of hydrogen-bond acceptors (Lipinski definition) is 4. The van der Waals surface area contributed by atoms with Gasteiger partial charge in [0, 0.05) is 38.8 Å². The highest BCUT2D eigenvalue weighted by Crippen LogP contribution is 2.32. The van der Waals surface area contributed by atoms with Gasteiger partial charge in [0.2, 0.25) is 0 Å². The van der Waals surface area contributed by atoms with Crippen molar-refractivity contribution in [2.24, 2.45) is 5.41 Å². The molecule has 0 bridgehead atoms. The van der Waals surface area contributed by atoms with E-state index in [4.69, 9.17) is 9.47 Å². The molecule has 0 spiro atoms. The molecule has 2 aliphatic heterocycles. The highest BCUT2D eigenvalue weighted by atomic mass is 16.5. The molecule has 2 saturated heterocycles. The molecule has 0 saturated carbocycles. The highest BCUT2D eigenvalue weighted by Gasteiger charge is 2.38. The van der Waals surface area contributed by atoms with Gasteiger partial charge in [-0.1, -0.05) is 0 Å². The topological polar surface area (TPSA) is 33.7 Å². The highest BCUT2D eigenvalue weighted by molar-refractivity contribution is 4.91. The zero-order chi connectivity index (χ0) is 13.8. The Hall–Kier alpha value is -0.160. The molecule has 112 valence electrons. The van der Waals surface area contributed by atoms with Crippen LogP contribution in [0.2, 0.25) is 0 Å². The van der Waals surface area contributed by atoms with Gasteiger partial charge in [0.25, 0.3) is 0 Å². The van der Waals surface area contributed by atoms with Crippen LogP contribution in [0.3, 0.4) is 0 Å². The summed E-state index contributed by atoms with van der Waals surface area (Å²) in [5.41, 5.74) is 0.327. The molecular formula is C15H30N2O2. The maximum absolute atomic E-state index is 5.76. The minimum absolute atomic E-state index is 0.0363. The Balaban J connectivity index is 1.96. The first-order valence-corrected chi connectivity index (χ1v) is 7.61. The van der Waals surface area contributed by atoms with E-state index in [2.05, 4.69) is 17.1 Å². The van der Waals surface area contributed by atoms with Crippen LogP contribution in [0.1, 0.15) is 32.6 Å². The normalized spacial score (nSPS) is 37.4. The van der Waals surface area contributed by atoms with Crippen molar-refractivity contribution in [1.29, 1.82) is 0 Å². The van der Waals surface area contributed by atoms with Crippen LogP contribution < -0.4 is 5.32 Å². The number of methoxy groups -OCH3 is 1. The number of nitrogens with zero attached hydrogens (tertiary/aromatic N) is 1. The third-order valence-electron chi connectivity index (χ3n) is 4.75. The maximum Gasteiger partial charge on any atom is 0.0777 e. The van der Waals surface area contributed by atoms with Gasteiger partial charge in [-0.05, 0) is 46.2 Å². The van der Waals surface area contributed by atoms with Gasteiger partial charge in [-0.25, -0.2) is 0 Å². The van der Waals surface area contributed by atoms with Gasteiger partial charge in [0.1, 0.15) is 0 Å². The molecule has 2 heterocycles. The van der Waals surface area contributed by atoms with E-state index < -0.39 is 0 Å². The largest absolute Gasteiger partial charge is 0.381 e. The smallest absolute Gasteiger partial charge is 0.0777 e. The van der Waals surface area contributed by atoms with E-state index in [9.17, 15) is 0 Å². The summed E-state index contributed by atoms with van der Waals surface area (Å²) in [7, 11) is 3.89. The summed E-state index contributed by atoms with van der Waals surface area (Å²) in [5, 5.41) is 3.36. The fourth-order valence-corrected chi connectivity index (χ4v) is 3.69. The number of nitrogens with one attached hydrogen (secondary N) is 1. The Labute approximate surface area is 117 Å². The predicted molar refractivity (Wildman–Crippen MR) is 77.5 cm³/mol. The molecule has 2 rings (SSSR count). The lowest BCUT2D eigenvalue weighted by atomic mass is 9.80. The quantitative estimate of drug-likeness (QED) is 0.821. The van der Waals surface area contributed by atoms with E-state index in [1.54, 1.807) is 0 Å². The third kappa shape index (κ3) is 3.91. The van der Waals surface area contributed by atoms with E-state index in [0.29, 0.717) is 5.41 Å². The molecule has 2 fully saturated rings. The fraction of sp³-hybridized carbons (Fsp3) is 1.00. The minimum atomic E-state index is 0.0363. The molecule has 0 aromatic heterocycles. The molecule has 4 heteroatoms. The molecule has 0 aromatic carbocycles. The molecule has 1 N–H and O–H groups in total. The van der Waals surface area contributed by atoms with Crippen LogP contribution in [-0.2, 0) is 9.47 Å². The van der Waals surface area contributed by atoms with E-state index in [0.717, 1.165) is 32.8 Å². The Bertz CT molecular complexity index is 274. The molecule has 0 aliphatic carbocycles. The van der Waals surface area contributed by atoms with E-state index in [1.165, 1.54) is 32.2 Å². The van der Waals surface area contributed by atoms with Crippen LogP contribution in [-0.4, -0.2) is 64.1 Å². The second-order valence-electron chi connectivity index (χ2n) is 6.65. The first-order chi connectivity index (χ1) is 9.11. The molecule has 2 unspecified atom stereocenters. The van der Waals surface area contributed by atoms with Crippen LogP contribution in [0.15, 0.2) is 0 Å². The summed E-state index contributed by atoms with van der Waals surface area (Å²) in [6, 6.07) is 0. The van der Waals surface area contributed by atoms with Crippen molar-refractivity contribution >= 4 is 0 Å². The summed E-state index contributed by atoms with van der Waals surface area (Å²) >= 11 is 0. The minimum Gasteiger partial charge on any atom is -0.381 e. The number of rotatable bonds is 5. The Morgan fingerprint density at radius 2 is 2.16 bits per heavy atom. The van der Waals surface area contributed by atoms with Crippen LogP contribution in [0.25, 0.3) is 0 Å². The van der Waals surface area contributed by atoms with Crippen molar-refractivity contribution in [2.45, 2.75) is 38.2 Å². The van der Waals surface area contributed by atoms with Crippen molar-refractivity contribution in [3.05, 3.63) is 0 Å². The van der Waals surface area contributed by atoms with E-state index in [1.807, 2.05) is 14.2 Å². The van der Waals surface area contributed by atoms with Crippen molar-refractivity contribution in [3.63, 3.8) is 0 Å². The first kappa shape index (κ1) is 15.2. The number of hydrogen-bond donors (Lipinski definition) is 1. The Kier molecular flexibility index (Phi) is 5.23. The lowest BCUT2D eigenvalue weighted by molar-refractivity contribution is -0.0769. The van der Waals surface area contributed by atoms with Gasteiger partial charge in [-0.2, -0.15) is 0 Å². The van der Waals surface area contributed by atoms with Gasteiger partial charge >= 0.3 is 0 Å². The molecule has 0 amide bonds. The lowest BCUT2D eigenvalue weighted by Crippen LogP contribution is -2.54. The van der Waals surface area contributed by atoms with Crippen molar-refractivity contribution < 1.29 is 9.47 Å². The molecule has 19 heavy (non-hydrogen) atoms. The summed E-state index contributed by atoms with van der Waals surface area (Å²) in [6.07, 6.45) is 4.88. The second kappa shape index (κ2) is 6.53. The standard InChI is InChI=1S/C15H30N2O2/c1-14(18-3)6-4-8-17(11-14)12-15(10-16-2)7-5-9-19-13-15/h16H,4-13H2,1-3H3. The zero-order valence-electron chi connectivity index (χ0n) is 12.8. The van der Waals surface area contributed by atoms with Crippen LogP contribution in [0.5, 0.6) is 0 Å². The fourth-order valence-electron chi connectivity index (χ4n) is 3.69. The first-order valence-electron chi connectivity index (χ1n) is 7.61. The predicted octanol–water partition coefficient (Wildman–Crippen LogP) is 1.50. The van der Waals surface area contributed by atoms with Crippen LogP contribution >= 0.6 is 0 Å². The molecular weight excluding hydrogens is 240 g/mol. The molecule has 0 aromatic rings.